The third-order valence-corrected chi connectivity index (χ3v) is 4.76. The SMILES string of the molecule is CC(C)C(NS(=O)(=O)c1ccc(Cl)c(F)c1Cl)C(=O)O. The van der Waals surface area contributed by atoms with Crippen LogP contribution in [0.4, 0.5) is 4.39 Å². The van der Waals surface area contributed by atoms with Gasteiger partial charge in [-0.2, -0.15) is 4.72 Å². The largest absolute Gasteiger partial charge is 0.480 e. The quantitative estimate of drug-likeness (QED) is 0.804. The molecular weight excluding hydrogens is 332 g/mol. The van der Waals surface area contributed by atoms with E-state index in [-0.39, 0.29) is 5.02 Å². The van der Waals surface area contributed by atoms with E-state index in [1.807, 2.05) is 4.72 Å². The molecule has 2 N–H and O–H groups in total. The van der Waals surface area contributed by atoms with E-state index < -0.39 is 43.7 Å². The Bertz CT molecular complexity index is 634. The van der Waals surface area contributed by atoms with Gasteiger partial charge in [0.25, 0.3) is 0 Å². The number of sulfonamides is 1. The van der Waals surface area contributed by atoms with Crippen molar-refractivity contribution in [2.24, 2.45) is 5.92 Å². The zero-order valence-electron chi connectivity index (χ0n) is 10.5. The van der Waals surface area contributed by atoms with Crippen LogP contribution in [0.3, 0.4) is 0 Å². The van der Waals surface area contributed by atoms with Crippen molar-refractivity contribution in [3.63, 3.8) is 0 Å². The van der Waals surface area contributed by atoms with Crippen LogP contribution in [0.5, 0.6) is 0 Å². The number of carboxylic acid groups (broad SMARTS) is 1. The minimum atomic E-state index is -4.28. The van der Waals surface area contributed by atoms with Gasteiger partial charge in [0.15, 0.2) is 5.82 Å². The highest BCUT2D eigenvalue weighted by molar-refractivity contribution is 7.89. The Hall–Kier alpha value is -0.890. The van der Waals surface area contributed by atoms with Crippen molar-refractivity contribution >= 4 is 39.2 Å². The summed E-state index contributed by atoms with van der Waals surface area (Å²) < 4.78 is 39.6. The molecule has 1 unspecified atom stereocenters. The second-order valence-electron chi connectivity index (χ2n) is 4.35. The second-order valence-corrected chi connectivity index (χ2v) is 6.82. The lowest BCUT2D eigenvalue weighted by molar-refractivity contribution is -0.140. The summed E-state index contributed by atoms with van der Waals surface area (Å²) in [6.45, 7) is 3.07. The molecule has 9 heteroatoms. The Labute approximate surface area is 125 Å². The third kappa shape index (κ3) is 3.60. The van der Waals surface area contributed by atoms with Crippen molar-refractivity contribution in [3.8, 4) is 0 Å². The highest BCUT2D eigenvalue weighted by atomic mass is 35.5. The van der Waals surface area contributed by atoms with Crippen LogP contribution in [0.1, 0.15) is 13.8 Å². The predicted octanol–water partition coefficient (Wildman–Crippen LogP) is 2.52. The number of aliphatic carboxylic acids is 1. The Kier molecular flexibility index (Phi) is 5.37. The molecule has 0 heterocycles. The molecule has 0 aliphatic carbocycles. The Morgan fingerprint density at radius 2 is 1.90 bits per heavy atom. The number of hydrogen-bond acceptors (Lipinski definition) is 3. The number of rotatable bonds is 5. The fourth-order valence-corrected chi connectivity index (χ4v) is 3.50. The van der Waals surface area contributed by atoms with Crippen LogP contribution >= 0.6 is 23.2 Å². The molecule has 0 aliphatic rings. The van der Waals surface area contributed by atoms with Gasteiger partial charge in [-0.25, -0.2) is 12.8 Å². The van der Waals surface area contributed by atoms with E-state index in [0.29, 0.717) is 0 Å². The molecule has 0 aromatic heterocycles. The molecule has 5 nitrogen and oxygen atoms in total. The van der Waals surface area contributed by atoms with E-state index in [4.69, 9.17) is 28.3 Å². The lowest BCUT2D eigenvalue weighted by Crippen LogP contribution is -2.44. The Morgan fingerprint density at radius 3 is 2.35 bits per heavy atom. The summed E-state index contributed by atoms with van der Waals surface area (Å²) in [4.78, 5) is 10.4. The van der Waals surface area contributed by atoms with Gasteiger partial charge in [-0.05, 0) is 18.1 Å². The monoisotopic (exact) mass is 343 g/mol. The van der Waals surface area contributed by atoms with Crippen molar-refractivity contribution in [2.75, 3.05) is 0 Å². The molecule has 0 radical (unpaired) electrons. The topological polar surface area (TPSA) is 83.5 Å². The Morgan fingerprint density at radius 1 is 1.35 bits per heavy atom. The maximum Gasteiger partial charge on any atom is 0.322 e. The minimum Gasteiger partial charge on any atom is -0.480 e. The number of halogens is 3. The first kappa shape index (κ1) is 17.2. The summed E-state index contributed by atoms with van der Waals surface area (Å²) in [5.41, 5.74) is 0. The first-order valence-corrected chi connectivity index (χ1v) is 7.70. The zero-order valence-corrected chi connectivity index (χ0v) is 12.9. The molecule has 0 amide bonds. The van der Waals surface area contributed by atoms with Crippen LogP contribution in [0, 0.1) is 11.7 Å². The smallest absolute Gasteiger partial charge is 0.322 e. The normalized spacial score (nSPS) is 13.5. The van der Waals surface area contributed by atoms with E-state index >= 15 is 0 Å². The summed E-state index contributed by atoms with van der Waals surface area (Å²) in [5, 5.41) is 7.96. The van der Waals surface area contributed by atoms with Gasteiger partial charge < -0.3 is 5.11 Å². The summed E-state index contributed by atoms with van der Waals surface area (Å²) >= 11 is 11.1. The van der Waals surface area contributed by atoms with Gasteiger partial charge in [-0.1, -0.05) is 37.0 Å². The van der Waals surface area contributed by atoms with Crippen molar-refractivity contribution in [3.05, 3.63) is 28.0 Å². The van der Waals surface area contributed by atoms with E-state index in [9.17, 15) is 17.6 Å². The molecule has 0 saturated carbocycles. The molecular formula is C11H12Cl2FNO4S. The molecule has 0 saturated heterocycles. The number of nitrogens with one attached hydrogen (secondary N) is 1. The predicted molar refractivity (Wildman–Crippen MR) is 73.0 cm³/mol. The summed E-state index contributed by atoms with van der Waals surface area (Å²) in [5.74, 6) is -2.92. The Balaban J connectivity index is 3.25. The number of carboxylic acids is 1. The van der Waals surface area contributed by atoms with Crippen molar-refractivity contribution in [1.82, 2.24) is 4.72 Å². The molecule has 0 spiro atoms. The fraction of sp³-hybridized carbons (Fsp3) is 0.364. The van der Waals surface area contributed by atoms with Crippen LogP contribution in [0.15, 0.2) is 17.0 Å². The zero-order chi connectivity index (χ0) is 15.7. The molecule has 1 rings (SSSR count). The molecule has 0 aliphatic heterocycles. The van der Waals surface area contributed by atoms with Gasteiger partial charge in [0.1, 0.15) is 10.9 Å². The van der Waals surface area contributed by atoms with Crippen LogP contribution in [-0.2, 0) is 14.8 Å². The molecule has 1 atom stereocenters. The first-order chi connectivity index (χ1) is 9.08. The average molecular weight is 344 g/mol. The van der Waals surface area contributed by atoms with E-state index in [0.717, 1.165) is 12.1 Å². The standard InChI is InChI=1S/C11H12Cl2FNO4S/c1-5(2)10(11(16)17)15-20(18,19)7-4-3-6(12)9(14)8(7)13/h3-5,10,15H,1-2H3,(H,16,17). The molecule has 0 bridgehead atoms. The van der Waals surface area contributed by atoms with Crippen molar-refractivity contribution in [2.45, 2.75) is 24.8 Å². The minimum absolute atomic E-state index is 0.326. The average Bonchev–Trinajstić information content (AvgIpc) is 2.32. The van der Waals surface area contributed by atoms with Gasteiger partial charge in [0.05, 0.1) is 10.0 Å². The van der Waals surface area contributed by atoms with Gasteiger partial charge in [0, 0.05) is 0 Å². The van der Waals surface area contributed by atoms with E-state index in [1.165, 1.54) is 13.8 Å². The summed E-state index contributed by atoms with van der Waals surface area (Å²) in [6, 6.07) is 0.687. The van der Waals surface area contributed by atoms with Gasteiger partial charge in [-0.15, -0.1) is 0 Å². The number of carbonyl (C=O) groups is 1. The van der Waals surface area contributed by atoms with Crippen LogP contribution in [0.25, 0.3) is 0 Å². The number of benzene rings is 1. The van der Waals surface area contributed by atoms with Gasteiger partial charge in [0.2, 0.25) is 10.0 Å². The van der Waals surface area contributed by atoms with E-state index in [1.54, 1.807) is 0 Å². The first-order valence-electron chi connectivity index (χ1n) is 5.46. The highest BCUT2D eigenvalue weighted by Crippen LogP contribution is 2.29. The second kappa shape index (κ2) is 6.26. The lowest BCUT2D eigenvalue weighted by atomic mass is 10.1. The van der Waals surface area contributed by atoms with Crippen LogP contribution < -0.4 is 4.72 Å². The van der Waals surface area contributed by atoms with Crippen LogP contribution in [-0.4, -0.2) is 25.5 Å². The molecule has 1 aromatic rings. The molecule has 1 aromatic carbocycles. The van der Waals surface area contributed by atoms with Crippen molar-refractivity contribution < 1.29 is 22.7 Å². The summed E-state index contributed by atoms with van der Waals surface area (Å²) in [6.07, 6.45) is 0. The van der Waals surface area contributed by atoms with Crippen LogP contribution in [0.2, 0.25) is 10.0 Å². The fourth-order valence-electron chi connectivity index (χ4n) is 1.42. The maximum atomic E-state index is 13.5. The molecule has 112 valence electrons. The molecule has 0 fully saturated rings. The third-order valence-electron chi connectivity index (χ3n) is 2.50. The summed E-state index contributed by atoms with van der Waals surface area (Å²) in [7, 11) is -4.28. The van der Waals surface area contributed by atoms with Crippen molar-refractivity contribution in [1.29, 1.82) is 0 Å². The van der Waals surface area contributed by atoms with E-state index in [2.05, 4.69) is 0 Å². The highest BCUT2D eigenvalue weighted by Gasteiger charge is 2.30. The lowest BCUT2D eigenvalue weighted by Gasteiger charge is -2.18. The van der Waals surface area contributed by atoms with Gasteiger partial charge in [-0.3, -0.25) is 4.79 Å². The number of hydrogen-bond donors (Lipinski definition) is 2. The van der Waals surface area contributed by atoms with Gasteiger partial charge >= 0.3 is 5.97 Å². The molecule has 20 heavy (non-hydrogen) atoms. The maximum absolute atomic E-state index is 13.5.